The first-order valence-electron chi connectivity index (χ1n) is 4.65. The van der Waals surface area contributed by atoms with E-state index in [9.17, 15) is 26.7 Å². The van der Waals surface area contributed by atoms with Crippen molar-refractivity contribution < 1.29 is 30.9 Å². The van der Waals surface area contributed by atoms with Crippen LogP contribution in [0.15, 0.2) is 35.3 Å². The largest absolute Gasteiger partial charge is 0.534 e. The summed E-state index contributed by atoms with van der Waals surface area (Å²) in [5.74, 6) is 0.0682. The van der Waals surface area contributed by atoms with Gasteiger partial charge in [-0.25, -0.2) is 0 Å². The Bertz CT molecular complexity index is 557. The van der Waals surface area contributed by atoms with Crippen LogP contribution in [-0.4, -0.2) is 30.0 Å². The van der Waals surface area contributed by atoms with Gasteiger partial charge >= 0.3 is 15.6 Å². The van der Waals surface area contributed by atoms with Gasteiger partial charge in [-0.05, 0) is 12.2 Å². The molecule has 0 radical (unpaired) electrons. The Morgan fingerprint density at radius 1 is 1.39 bits per heavy atom. The smallest absolute Gasteiger partial charge is 0.511 e. The first-order chi connectivity index (χ1) is 8.21. The third-order valence-corrected chi connectivity index (χ3v) is 4.44. The molecule has 0 saturated heterocycles. The van der Waals surface area contributed by atoms with Crippen LogP contribution in [0.4, 0.5) is 13.2 Å². The van der Waals surface area contributed by atoms with Crippen molar-refractivity contribution in [1.82, 2.24) is 0 Å². The van der Waals surface area contributed by atoms with Crippen LogP contribution in [0.3, 0.4) is 0 Å². The number of alkyl halides is 3. The number of halogens is 3. The van der Waals surface area contributed by atoms with E-state index in [1.54, 1.807) is 0 Å². The number of hydrogen-bond acceptors (Lipinski definition) is 5. The molecule has 0 spiro atoms. The van der Waals surface area contributed by atoms with E-state index < -0.39 is 21.4 Å². The standard InChI is InChI=1S/C9H7F3O4S2/c10-9(11,12)18(14,15)16-5-1-2-6-7(13)4-17-8(6)3-5/h1-3,8,13H,4H2/t8-/m1/s1. The first-order valence-corrected chi connectivity index (χ1v) is 7.11. The quantitative estimate of drug-likeness (QED) is 0.626. The summed E-state index contributed by atoms with van der Waals surface area (Å²) in [4.78, 5) is 0. The highest BCUT2D eigenvalue weighted by molar-refractivity contribution is 8.00. The van der Waals surface area contributed by atoms with Crippen LogP contribution in [-0.2, 0) is 14.3 Å². The van der Waals surface area contributed by atoms with Gasteiger partial charge in [0, 0.05) is 5.57 Å². The summed E-state index contributed by atoms with van der Waals surface area (Å²) in [7, 11) is -5.65. The Labute approximate surface area is 105 Å². The molecule has 1 N–H and O–H groups in total. The molecule has 0 bridgehead atoms. The van der Waals surface area contributed by atoms with Gasteiger partial charge in [0.15, 0.2) is 0 Å². The lowest BCUT2D eigenvalue weighted by molar-refractivity contribution is -0.0519. The third kappa shape index (κ3) is 2.37. The molecule has 1 heterocycles. The Balaban J connectivity index is 2.20. The fourth-order valence-corrected chi connectivity index (χ4v) is 3.03. The normalized spacial score (nSPS) is 23.9. The van der Waals surface area contributed by atoms with Crippen molar-refractivity contribution in [1.29, 1.82) is 0 Å². The second-order valence-corrected chi connectivity index (χ2v) is 6.19. The van der Waals surface area contributed by atoms with Crippen LogP contribution in [0.2, 0.25) is 0 Å². The minimum absolute atomic E-state index is 0.134. The summed E-state index contributed by atoms with van der Waals surface area (Å²) < 4.78 is 61.9. The number of rotatable bonds is 2. The van der Waals surface area contributed by atoms with Gasteiger partial charge in [-0.2, -0.15) is 21.6 Å². The molecule has 0 aromatic heterocycles. The number of fused-ring (bicyclic) bond motifs is 1. The van der Waals surface area contributed by atoms with Gasteiger partial charge in [0.1, 0.15) is 11.5 Å². The molecule has 0 unspecified atom stereocenters. The highest BCUT2D eigenvalue weighted by Gasteiger charge is 2.49. The van der Waals surface area contributed by atoms with Gasteiger partial charge in [-0.15, -0.1) is 11.8 Å². The van der Waals surface area contributed by atoms with Crippen LogP contribution in [0.1, 0.15) is 0 Å². The minimum atomic E-state index is -5.65. The molecule has 4 nitrogen and oxygen atoms in total. The highest BCUT2D eigenvalue weighted by atomic mass is 32.2. The lowest BCUT2D eigenvalue weighted by Crippen LogP contribution is -2.25. The molecule has 0 fully saturated rings. The number of aliphatic hydroxyl groups excluding tert-OH is 1. The molecule has 2 aliphatic rings. The molecule has 0 aromatic rings. The fraction of sp³-hybridized carbons (Fsp3) is 0.333. The maximum absolute atomic E-state index is 12.1. The zero-order valence-corrected chi connectivity index (χ0v) is 10.3. The lowest BCUT2D eigenvalue weighted by Gasteiger charge is -2.15. The molecule has 0 aromatic carbocycles. The molecule has 1 atom stereocenters. The molecule has 2 rings (SSSR count). The number of thioether (sulfide) groups is 1. The Hall–Kier alpha value is -1.09. The van der Waals surface area contributed by atoms with Crippen LogP contribution < -0.4 is 0 Å². The number of aliphatic hydroxyl groups is 1. The fourth-order valence-electron chi connectivity index (χ4n) is 1.44. The molecular formula is C9H7F3O4S2. The predicted octanol–water partition coefficient (Wildman–Crippen LogP) is 2.23. The summed E-state index contributed by atoms with van der Waals surface area (Å²) in [6, 6.07) is 0. The van der Waals surface area contributed by atoms with Gasteiger partial charge < -0.3 is 9.29 Å². The molecule has 0 amide bonds. The van der Waals surface area contributed by atoms with Gasteiger partial charge in [0.25, 0.3) is 0 Å². The van der Waals surface area contributed by atoms with Crippen LogP contribution >= 0.6 is 11.8 Å². The van der Waals surface area contributed by atoms with Crippen molar-refractivity contribution in [2.75, 3.05) is 5.75 Å². The van der Waals surface area contributed by atoms with Gasteiger partial charge in [0.2, 0.25) is 0 Å². The second kappa shape index (κ2) is 4.23. The summed E-state index contributed by atoms with van der Waals surface area (Å²) in [5.41, 5.74) is -4.90. The van der Waals surface area contributed by atoms with E-state index in [-0.39, 0.29) is 11.0 Å². The summed E-state index contributed by atoms with van der Waals surface area (Å²) in [6.45, 7) is 0. The molecule has 1 aliphatic heterocycles. The Morgan fingerprint density at radius 3 is 2.67 bits per heavy atom. The molecular weight excluding hydrogens is 293 g/mol. The van der Waals surface area contributed by atoms with Crippen LogP contribution in [0, 0.1) is 0 Å². The second-order valence-electron chi connectivity index (χ2n) is 3.52. The van der Waals surface area contributed by atoms with Crippen LogP contribution in [0.25, 0.3) is 0 Å². The zero-order chi connectivity index (χ0) is 13.6. The van der Waals surface area contributed by atoms with Crippen molar-refractivity contribution in [2.45, 2.75) is 10.8 Å². The van der Waals surface area contributed by atoms with Crippen molar-refractivity contribution >= 4 is 21.9 Å². The van der Waals surface area contributed by atoms with Crippen molar-refractivity contribution in [3.63, 3.8) is 0 Å². The topological polar surface area (TPSA) is 63.6 Å². The van der Waals surface area contributed by atoms with Gasteiger partial charge in [-0.1, -0.05) is 6.08 Å². The van der Waals surface area contributed by atoms with Crippen molar-refractivity contribution in [3.8, 4) is 0 Å². The van der Waals surface area contributed by atoms with Gasteiger partial charge in [0.05, 0.1) is 11.0 Å². The minimum Gasteiger partial charge on any atom is -0.511 e. The zero-order valence-electron chi connectivity index (χ0n) is 8.64. The molecule has 0 saturated carbocycles. The molecule has 100 valence electrons. The number of hydrogen-bond donors (Lipinski definition) is 1. The van der Waals surface area contributed by atoms with Crippen molar-refractivity contribution in [3.05, 3.63) is 35.3 Å². The highest BCUT2D eigenvalue weighted by Crippen LogP contribution is 2.37. The molecule has 1 aliphatic carbocycles. The number of allylic oxidation sites excluding steroid dienone is 2. The van der Waals surface area contributed by atoms with Gasteiger partial charge in [-0.3, -0.25) is 0 Å². The maximum Gasteiger partial charge on any atom is 0.534 e. The van der Waals surface area contributed by atoms with E-state index in [0.717, 1.165) is 6.08 Å². The monoisotopic (exact) mass is 300 g/mol. The molecule has 9 heteroatoms. The summed E-state index contributed by atoms with van der Waals surface area (Å²) in [6.07, 6.45) is 3.66. The Kier molecular flexibility index (Phi) is 3.14. The average Bonchev–Trinajstić information content (AvgIpc) is 2.58. The van der Waals surface area contributed by atoms with E-state index in [2.05, 4.69) is 4.18 Å². The Morgan fingerprint density at radius 2 is 2.06 bits per heavy atom. The SMILES string of the molecule is O=S(=O)(OC1=C[C@H]2SCC(O)=C2C=C1)C(F)(F)F. The van der Waals surface area contributed by atoms with E-state index in [1.165, 1.54) is 23.9 Å². The maximum atomic E-state index is 12.1. The van der Waals surface area contributed by atoms with E-state index in [1.807, 2.05) is 0 Å². The first kappa shape index (κ1) is 13.3. The molecule has 18 heavy (non-hydrogen) atoms. The van der Waals surface area contributed by atoms with Crippen molar-refractivity contribution in [2.24, 2.45) is 0 Å². The summed E-state index contributed by atoms with van der Waals surface area (Å²) >= 11 is 1.26. The summed E-state index contributed by atoms with van der Waals surface area (Å²) in [5, 5.41) is 9.03. The average molecular weight is 300 g/mol. The third-order valence-electron chi connectivity index (χ3n) is 2.27. The lowest BCUT2D eigenvalue weighted by atomic mass is 10.1. The van der Waals surface area contributed by atoms with E-state index in [4.69, 9.17) is 0 Å². The van der Waals surface area contributed by atoms with E-state index >= 15 is 0 Å². The predicted molar refractivity (Wildman–Crippen MR) is 59.2 cm³/mol. The van der Waals surface area contributed by atoms with E-state index in [0.29, 0.717) is 11.3 Å². The van der Waals surface area contributed by atoms with Crippen LogP contribution in [0.5, 0.6) is 0 Å².